The maximum absolute atomic E-state index is 12.0. The van der Waals surface area contributed by atoms with Crippen LogP contribution in [0.1, 0.15) is 22.8 Å². The molecular formula is C43H28N6O8S2. The molecular weight excluding hydrogens is 793 g/mol. The van der Waals surface area contributed by atoms with Gasteiger partial charge in [0, 0.05) is 68.8 Å². The second kappa shape index (κ2) is 14.2. The van der Waals surface area contributed by atoms with Crippen LogP contribution in [0.25, 0.3) is 90.9 Å². The first-order chi connectivity index (χ1) is 28.3. The highest BCUT2D eigenvalue weighted by atomic mass is 32.2. The molecule has 0 amide bonds. The van der Waals surface area contributed by atoms with Gasteiger partial charge in [-0.15, -0.1) is 0 Å². The number of aromatic amines is 2. The Kier molecular flexibility index (Phi) is 8.97. The number of nitrogens with one attached hydrogen (secondary N) is 2. The van der Waals surface area contributed by atoms with E-state index in [0.717, 1.165) is 5.56 Å². The molecule has 8 bridgehead atoms. The molecule has 3 aromatic carbocycles. The Morgan fingerprint density at radius 3 is 1.19 bits per heavy atom. The largest absolute Gasteiger partial charge is 0.354 e. The van der Waals surface area contributed by atoms with E-state index in [4.69, 9.17) is 9.97 Å². The zero-order valence-corrected chi connectivity index (χ0v) is 31.9. The van der Waals surface area contributed by atoms with Crippen molar-refractivity contribution in [1.82, 2.24) is 24.9 Å². The summed E-state index contributed by atoms with van der Waals surface area (Å²) >= 11 is 0. The summed E-state index contributed by atoms with van der Waals surface area (Å²) < 4.78 is 67.4. The van der Waals surface area contributed by atoms with Gasteiger partial charge in [0.15, 0.2) is 0 Å². The van der Waals surface area contributed by atoms with Gasteiger partial charge in [0.25, 0.3) is 25.9 Å². The molecule has 0 fully saturated rings. The Bertz CT molecular complexity index is 3320. The molecule has 6 heterocycles. The molecule has 2 aliphatic rings. The molecule has 14 nitrogen and oxygen atoms in total. The summed E-state index contributed by atoms with van der Waals surface area (Å²) in [5.41, 5.74) is 9.72. The summed E-state index contributed by atoms with van der Waals surface area (Å²) in [5.74, 6) is 0. The van der Waals surface area contributed by atoms with Crippen LogP contribution in [0.3, 0.4) is 0 Å². The van der Waals surface area contributed by atoms with Crippen molar-refractivity contribution in [2.24, 2.45) is 0 Å². The first-order valence-corrected chi connectivity index (χ1v) is 20.7. The standard InChI is InChI=1S/C43H28N6O8S2/c50-49(51)29-7-1-25(2-8-29)40-32-13-14-34(45-32)41(26-3-9-30(10-4-26)58(52,53)54)35-15-16-36(46-35)42(27-5-11-31(12-6-27)59(55,56)57)37-18-20-39(48-37)43(28-21-23-44-24-22-28)38-19-17-33(40)47-38/h1-24,45-46H,(H,52,53,54)(H,55,56,57). The van der Waals surface area contributed by atoms with Gasteiger partial charge in [0.1, 0.15) is 0 Å². The minimum absolute atomic E-state index is 0.0747. The number of fused-ring (bicyclic) bond motifs is 8. The van der Waals surface area contributed by atoms with Crippen LogP contribution in [0.15, 0.2) is 131 Å². The minimum Gasteiger partial charge on any atom is -0.354 e. The molecule has 9 rings (SSSR count). The number of rotatable bonds is 7. The van der Waals surface area contributed by atoms with E-state index >= 15 is 0 Å². The van der Waals surface area contributed by atoms with Crippen LogP contribution >= 0.6 is 0 Å². The summed E-state index contributed by atoms with van der Waals surface area (Å²) in [6, 6.07) is 28.8. The number of benzene rings is 3. The van der Waals surface area contributed by atoms with E-state index in [0.29, 0.717) is 83.8 Å². The van der Waals surface area contributed by atoms with Gasteiger partial charge in [-0.1, -0.05) is 24.3 Å². The molecule has 0 unspecified atom stereocenters. The third-order valence-corrected chi connectivity index (χ3v) is 11.7. The summed E-state index contributed by atoms with van der Waals surface area (Å²) in [6.45, 7) is 0. The fraction of sp³-hybridized carbons (Fsp3) is 0. The number of hydrogen-bond acceptors (Lipinski definition) is 9. The van der Waals surface area contributed by atoms with E-state index in [1.165, 1.54) is 36.4 Å². The highest BCUT2D eigenvalue weighted by Gasteiger charge is 2.21. The van der Waals surface area contributed by atoms with Crippen molar-refractivity contribution < 1.29 is 30.9 Å². The first-order valence-electron chi connectivity index (χ1n) is 17.8. The topological polar surface area (TPSA) is 222 Å². The van der Waals surface area contributed by atoms with Crippen molar-refractivity contribution in [3.63, 3.8) is 0 Å². The van der Waals surface area contributed by atoms with E-state index < -0.39 is 25.2 Å². The number of nitrogens with zero attached hydrogens (tertiary/aromatic N) is 4. The van der Waals surface area contributed by atoms with Gasteiger partial charge in [0.05, 0.1) is 37.5 Å². The molecule has 7 aromatic rings. The van der Waals surface area contributed by atoms with Crippen molar-refractivity contribution in [3.05, 3.63) is 154 Å². The van der Waals surface area contributed by atoms with Crippen molar-refractivity contribution in [1.29, 1.82) is 0 Å². The number of aromatic nitrogens is 5. The molecule has 0 saturated heterocycles. The third-order valence-electron chi connectivity index (χ3n) is 9.97. The van der Waals surface area contributed by atoms with E-state index in [1.54, 1.807) is 48.8 Å². The summed E-state index contributed by atoms with van der Waals surface area (Å²) in [4.78, 5) is 32.1. The summed E-state index contributed by atoms with van der Waals surface area (Å²) in [7, 11) is -8.96. The van der Waals surface area contributed by atoms with E-state index in [2.05, 4.69) is 15.0 Å². The Morgan fingerprint density at radius 1 is 0.458 bits per heavy atom. The second-order valence-corrected chi connectivity index (χ2v) is 16.4. The average Bonchev–Trinajstić information content (AvgIpc) is 4.06. The first kappa shape index (κ1) is 37.2. The van der Waals surface area contributed by atoms with Gasteiger partial charge >= 0.3 is 0 Å². The lowest BCUT2D eigenvalue weighted by molar-refractivity contribution is -0.384. The number of hydrogen-bond donors (Lipinski definition) is 4. The van der Waals surface area contributed by atoms with Crippen LogP contribution in [0, 0.1) is 10.1 Å². The second-order valence-electron chi connectivity index (χ2n) is 13.5. The van der Waals surface area contributed by atoms with Gasteiger partial charge in [-0.25, -0.2) is 9.97 Å². The van der Waals surface area contributed by atoms with Gasteiger partial charge < -0.3 is 9.97 Å². The van der Waals surface area contributed by atoms with Gasteiger partial charge in [0.2, 0.25) is 0 Å². The number of H-pyrrole nitrogens is 2. The molecule has 0 spiro atoms. The number of nitro groups is 1. The van der Waals surface area contributed by atoms with Crippen molar-refractivity contribution >= 4 is 72.3 Å². The lowest BCUT2D eigenvalue weighted by Gasteiger charge is -2.07. The van der Waals surface area contributed by atoms with Crippen LogP contribution in [0.5, 0.6) is 0 Å². The molecule has 4 aromatic heterocycles. The SMILES string of the molecule is O=[N+]([O-])c1ccc(-c2c3nc(c(-c4ccncc4)c4nc(c(-c5ccc(S(=O)(=O)O)cc5)c5ccc([nH]5)c(-c5ccc(S(=O)(=O)O)cc5)c5ccc2[nH]5)C=C4)C=C3)cc1. The molecule has 0 atom stereocenters. The van der Waals surface area contributed by atoms with E-state index in [9.17, 15) is 36.1 Å². The lowest BCUT2D eigenvalue weighted by Crippen LogP contribution is -1.97. The van der Waals surface area contributed by atoms with Gasteiger partial charge in [-0.3, -0.25) is 24.2 Å². The molecule has 290 valence electrons. The summed E-state index contributed by atoms with van der Waals surface area (Å²) in [6.07, 6.45) is 10.8. The maximum Gasteiger partial charge on any atom is 0.294 e. The highest BCUT2D eigenvalue weighted by Crippen LogP contribution is 2.39. The van der Waals surface area contributed by atoms with E-state index in [-0.39, 0.29) is 15.5 Å². The quantitative estimate of drug-likeness (QED) is 0.0674. The van der Waals surface area contributed by atoms with Crippen molar-refractivity contribution in [2.45, 2.75) is 9.79 Å². The molecule has 2 aliphatic heterocycles. The predicted molar refractivity (Wildman–Crippen MR) is 225 cm³/mol. The van der Waals surface area contributed by atoms with Crippen LogP contribution in [-0.2, 0) is 20.2 Å². The molecule has 0 radical (unpaired) electrons. The normalized spacial score (nSPS) is 12.5. The Labute approximate surface area is 335 Å². The Morgan fingerprint density at radius 2 is 0.797 bits per heavy atom. The van der Waals surface area contributed by atoms with Crippen LogP contribution in [-0.4, -0.2) is 55.8 Å². The van der Waals surface area contributed by atoms with Crippen molar-refractivity contribution in [2.75, 3.05) is 0 Å². The average molecular weight is 821 g/mol. The smallest absolute Gasteiger partial charge is 0.294 e. The molecule has 0 saturated carbocycles. The van der Waals surface area contributed by atoms with Crippen molar-refractivity contribution in [3.8, 4) is 44.5 Å². The van der Waals surface area contributed by atoms with Crippen LogP contribution < -0.4 is 0 Å². The Balaban J connectivity index is 1.44. The molecule has 0 aliphatic carbocycles. The fourth-order valence-corrected chi connectivity index (χ4v) is 8.24. The number of non-ortho nitro benzene ring substituents is 1. The molecule has 4 N–H and O–H groups in total. The predicted octanol–water partition coefficient (Wildman–Crippen LogP) is 9.12. The molecule has 16 heteroatoms. The van der Waals surface area contributed by atoms with Crippen LogP contribution in [0.4, 0.5) is 5.69 Å². The van der Waals surface area contributed by atoms with Gasteiger partial charge in [-0.2, -0.15) is 16.8 Å². The fourth-order valence-electron chi connectivity index (χ4n) is 7.28. The number of pyridine rings is 1. The zero-order valence-electron chi connectivity index (χ0n) is 30.3. The lowest BCUT2D eigenvalue weighted by atomic mass is 10.0. The minimum atomic E-state index is -4.49. The van der Waals surface area contributed by atoms with E-state index in [1.807, 2.05) is 60.7 Å². The van der Waals surface area contributed by atoms with Crippen LogP contribution in [0.2, 0.25) is 0 Å². The highest BCUT2D eigenvalue weighted by molar-refractivity contribution is 7.86. The monoisotopic (exact) mass is 820 g/mol. The maximum atomic E-state index is 12.0. The zero-order chi connectivity index (χ0) is 41.1. The summed E-state index contributed by atoms with van der Waals surface area (Å²) in [5, 5.41) is 11.6. The Hall–Kier alpha value is -7.37. The molecule has 59 heavy (non-hydrogen) atoms. The van der Waals surface area contributed by atoms with Gasteiger partial charge in [-0.05, 0) is 119 Å². The third kappa shape index (κ3) is 7.02. The number of nitro benzene ring substituents is 1.